The van der Waals surface area contributed by atoms with Crippen LogP contribution in [0.1, 0.15) is 18.4 Å². The third-order valence-corrected chi connectivity index (χ3v) is 4.12. The normalized spacial score (nSPS) is 17.4. The molecule has 1 saturated heterocycles. The fourth-order valence-corrected chi connectivity index (χ4v) is 2.79. The van der Waals surface area contributed by atoms with Gasteiger partial charge in [0, 0.05) is 23.6 Å². The van der Waals surface area contributed by atoms with E-state index in [1.807, 2.05) is 48.5 Å². The standard InChI is InChI=1S/C17H18ClNO2/c18-14-3-1-13(2-4-14)17(9-11-20-12-10-17)21-16-7-5-15(19)6-8-16/h1-8H,9-12,19H2. The molecule has 1 heterocycles. The topological polar surface area (TPSA) is 44.5 Å². The van der Waals surface area contributed by atoms with E-state index in [0.29, 0.717) is 13.2 Å². The third kappa shape index (κ3) is 3.14. The number of nitrogens with two attached hydrogens (primary N) is 1. The van der Waals surface area contributed by atoms with E-state index in [1.165, 1.54) is 0 Å². The van der Waals surface area contributed by atoms with E-state index in [2.05, 4.69) is 0 Å². The minimum absolute atomic E-state index is 0.362. The zero-order valence-corrected chi connectivity index (χ0v) is 12.5. The second kappa shape index (κ2) is 5.96. The van der Waals surface area contributed by atoms with E-state index in [4.69, 9.17) is 26.8 Å². The summed E-state index contributed by atoms with van der Waals surface area (Å²) in [5.41, 5.74) is 7.23. The maximum atomic E-state index is 6.35. The zero-order chi connectivity index (χ0) is 14.7. The Morgan fingerprint density at radius 3 is 2.19 bits per heavy atom. The van der Waals surface area contributed by atoms with Crippen LogP contribution in [-0.2, 0) is 10.3 Å². The molecule has 0 aliphatic carbocycles. The minimum Gasteiger partial charge on any atom is -0.482 e. The molecule has 2 N–H and O–H groups in total. The zero-order valence-electron chi connectivity index (χ0n) is 11.7. The predicted molar refractivity (Wildman–Crippen MR) is 84.7 cm³/mol. The third-order valence-electron chi connectivity index (χ3n) is 3.86. The number of halogens is 1. The van der Waals surface area contributed by atoms with Crippen molar-refractivity contribution in [3.63, 3.8) is 0 Å². The van der Waals surface area contributed by atoms with Crippen molar-refractivity contribution in [2.45, 2.75) is 18.4 Å². The number of ether oxygens (including phenoxy) is 2. The molecular weight excluding hydrogens is 286 g/mol. The summed E-state index contributed by atoms with van der Waals surface area (Å²) in [6, 6.07) is 15.4. The molecule has 0 unspecified atom stereocenters. The highest BCUT2D eigenvalue weighted by atomic mass is 35.5. The van der Waals surface area contributed by atoms with Crippen LogP contribution < -0.4 is 10.5 Å². The predicted octanol–water partition coefficient (Wildman–Crippen LogP) is 4.01. The largest absolute Gasteiger partial charge is 0.482 e. The Balaban J connectivity index is 1.92. The Kier molecular flexibility index (Phi) is 4.04. The first kappa shape index (κ1) is 14.2. The highest BCUT2D eigenvalue weighted by Crippen LogP contribution is 2.37. The van der Waals surface area contributed by atoms with Crippen molar-refractivity contribution in [1.29, 1.82) is 0 Å². The average molecular weight is 304 g/mol. The maximum Gasteiger partial charge on any atom is 0.138 e. The quantitative estimate of drug-likeness (QED) is 0.871. The summed E-state index contributed by atoms with van der Waals surface area (Å²) in [6.45, 7) is 1.38. The fraction of sp³-hybridized carbons (Fsp3) is 0.294. The molecule has 21 heavy (non-hydrogen) atoms. The van der Waals surface area contributed by atoms with Gasteiger partial charge in [0.2, 0.25) is 0 Å². The lowest BCUT2D eigenvalue weighted by Gasteiger charge is -2.38. The van der Waals surface area contributed by atoms with Gasteiger partial charge < -0.3 is 15.2 Å². The van der Waals surface area contributed by atoms with Gasteiger partial charge in [-0.15, -0.1) is 0 Å². The first-order valence-corrected chi connectivity index (χ1v) is 7.44. The van der Waals surface area contributed by atoms with Gasteiger partial charge >= 0.3 is 0 Å². The molecule has 0 saturated carbocycles. The molecular formula is C17H18ClNO2. The van der Waals surface area contributed by atoms with Gasteiger partial charge in [-0.3, -0.25) is 0 Å². The van der Waals surface area contributed by atoms with Gasteiger partial charge in [-0.2, -0.15) is 0 Å². The molecule has 3 nitrogen and oxygen atoms in total. The van der Waals surface area contributed by atoms with Crippen LogP contribution in [0.5, 0.6) is 5.75 Å². The molecule has 4 heteroatoms. The average Bonchev–Trinajstić information content (AvgIpc) is 2.51. The van der Waals surface area contributed by atoms with Crippen molar-refractivity contribution in [2.24, 2.45) is 0 Å². The van der Waals surface area contributed by atoms with Crippen LogP contribution in [0.3, 0.4) is 0 Å². The SMILES string of the molecule is Nc1ccc(OC2(c3ccc(Cl)cc3)CCOCC2)cc1. The molecule has 2 aromatic carbocycles. The van der Waals surface area contributed by atoms with Gasteiger partial charge in [-0.05, 0) is 42.0 Å². The summed E-state index contributed by atoms with van der Waals surface area (Å²) < 4.78 is 11.8. The molecule has 0 atom stereocenters. The lowest BCUT2D eigenvalue weighted by Crippen LogP contribution is -2.39. The first-order chi connectivity index (χ1) is 10.2. The van der Waals surface area contributed by atoms with Crippen LogP contribution >= 0.6 is 11.6 Å². The van der Waals surface area contributed by atoms with E-state index >= 15 is 0 Å². The highest BCUT2D eigenvalue weighted by Gasteiger charge is 2.36. The lowest BCUT2D eigenvalue weighted by atomic mass is 9.86. The van der Waals surface area contributed by atoms with Gasteiger partial charge in [-0.25, -0.2) is 0 Å². The van der Waals surface area contributed by atoms with E-state index < -0.39 is 0 Å². The first-order valence-electron chi connectivity index (χ1n) is 7.06. The Hall–Kier alpha value is -1.71. The van der Waals surface area contributed by atoms with Crippen molar-refractivity contribution in [1.82, 2.24) is 0 Å². The molecule has 1 aliphatic rings. The Labute approximate surface area is 129 Å². The summed E-state index contributed by atoms with van der Waals surface area (Å²) in [5.74, 6) is 0.820. The number of hydrogen-bond acceptors (Lipinski definition) is 3. The van der Waals surface area contributed by atoms with Crippen LogP contribution in [0.25, 0.3) is 0 Å². The van der Waals surface area contributed by atoms with Crippen LogP contribution in [0.2, 0.25) is 5.02 Å². The number of benzene rings is 2. The van der Waals surface area contributed by atoms with Crippen LogP contribution in [0.4, 0.5) is 5.69 Å². The Morgan fingerprint density at radius 1 is 0.952 bits per heavy atom. The van der Waals surface area contributed by atoms with Crippen LogP contribution in [0.15, 0.2) is 48.5 Å². The minimum atomic E-state index is -0.362. The van der Waals surface area contributed by atoms with Crippen molar-refractivity contribution in [2.75, 3.05) is 18.9 Å². The molecule has 2 aromatic rings. The molecule has 0 aromatic heterocycles. The number of anilines is 1. The molecule has 1 aliphatic heterocycles. The van der Waals surface area contributed by atoms with Crippen molar-refractivity contribution in [3.05, 3.63) is 59.1 Å². The summed E-state index contributed by atoms with van der Waals surface area (Å²) in [7, 11) is 0. The number of nitrogen functional groups attached to an aromatic ring is 1. The molecule has 110 valence electrons. The number of rotatable bonds is 3. The Bertz CT molecular complexity index is 589. The fourth-order valence-electron chi connectivity index (χ4n) is 2.67. The smallest absolute Gasteiger partial charge is 0.138 e. The van der Waals surface area contributed by atoms with Gasteiger partial charge in [0.05, 0.1) is 13.2 Å². The summed E-state index contributed by atoms with van der Waals surface area (Å²) in [6.07, 6.45) is 1.64. The van der Waals surface area contributed by atoms with Crippen LogP contribution in [-0.4, -0.2) is 13.2 Å². The lowest BCUT2D eigenvalue weighted by molar-refractivity contribution is -0.0500. The molecule has 1 fully saturated rings. The molecule has 3 rings (SSSR count). The molecule has 0 amide bonds. The van der Waals surface area contributed by atoms with Gasteiger partial charge in [0.15, 0.2) is 0 Å². The number of hydrogen-bond donors (Lipinski definition) is 1. The van der Waals surface area contributed by atoms with Crippen molar-refractivity contribution in [3.8, 4) is 5.75 Å². The second-order valence-electron chi connectivity index (χ2n) is 5.28. The monoisotopic (exact) mass is 303 g/mol. The molecule has 0 radical (unpaired) electrons. The molecule has 0 spiro atoms. The van der Waals surface area contributed by atoms with Crippen LogP contribution in [0, 0.1) is 0 Å². The van der Waals surface area contributed by atoms with Gasteiger partial charge in [-0.1, -0.05) is 23.7 Å². The van der Waals surface area contributed by atoms with E-state index in [-0.39, 0.29) is 5.60 Å². The van der Waals surface area contributed by atoms with Gasteiger partial charge in [0.1, 0.15) is 11.4 Å². The summed E-state index contributed by atoms with van der Waals surface area (Å²) in [5, 5.41) is 0.730. The van der Waals surface area contributed by atoms with E-state index in [9.17, 15) is 0 Å². The van der Waals surface area contributed by atoms with E-state index in [0.717, 1.165) is 34.9 Å². The highest BCUT2D eigenvalue weighted by molar-refractivity contribution is 6.30. The van der Waals surface area contributed by atoms with Crippen molar-refractivity contribution < 1.29 is 9.47 Å². The summed E-state index contributed by atoms with van der Waals surface area (Å²) >= 11 is 5.99. The maximum absolute atomic E-state index is 6.35. The second-order valence-corrected chi connectivity index (χ2v) is 5.72. The van der Waals surface area contributed by atoms with E-state index in [1.54, 1.807) is 0 Å². The summed E-state index contributed by atoms with van der Waals surface area (Å²) in [4.78, 5) is 0. The van der Waals surface area contributed by atoms with Crippen molar-refractivity contribution >= 4 is 17.3 Å². The van der Waals surface area contributed by atoms with Gasteiger partial charge in [0.25, 0.3) is 0 Å². The Morgan fingerprint density at radius 2 is 1.57 bits per heavy atom. The molecule has 0 bridgehead atoms.